The number of nitrogens with zero attached hydrogens (tertiary/aromatic N) is 2. The van der Waals surface area contributed by atoms with Crippen molar-refractivity contribution in [2.75, 3.05) is 10.6 Å². The van der Waals surface area contributed by atoms with Crippen molar-refractivity contribution in [3.63, 3.8) is 0 Å². The van der Waals surface area contributed by atoms with Crippen molar-refractivity contribution in [1.29, 1.82) is 0 Å². The van der Waals surface area contributed by atoms with E-state index in [-0.39, 0.29) is 5.28 Å². The Hall–Kier alpha value is -1.86. The van der Waals surface area contributed by atoms with E-state index in [2.05, 4.69) is 36.5 Å². The molecule has 1 amide bonds. The Morgan fingerprint density at radius 2 is 1.91 bits per heavy atom. The number of rotatable bonds is 3. The van der Waals surface area contributed by atoms with Gasteiger partial charge < -0.3 is 10.1 Å². The first kappa shape index (κ1) is 17.5. The van der Waals surface area contributed by atoms with Gasteiger partial charge in [0, 0.05) is 6.20 Å². The van der Waals surface area contributed by atoms with Gasteiger partial charge in [0.05, 0.1) is 15.8 Å². The van der Waals surface area contributed by atoms with Crippen LogP contribution in [0.4, 0.5) is 22.0 Å². The van der Waals surface area contributed by atoms with Gasteiger partial charge in [0.15, 0.2) is 0 Å². The maximum absolute atomic E-state index is 11.9. The lowest BCUT2D eigenvalue weighted by molar-refractivity contribution is 0.0636. The van der Waals surface area contributed by atoms with Crippen LogP contribution < -0.4 is 10.6 Å². The fourth-order valence-electron chi connectivity index (χ4n) is 1.68. The average Bonchev–Trinajstić information content (AvgIpc) is 2.43. The molecule has 0 atom stereocenters. The SMILES string of the molecule is CC(C)(C)OC(=O)Nc1ccccc1Nc1nc(Cl)ncc1Br. The third kappa shape index (κ3) is 5.37. The molecule has 23 heavy (non-hydrogen) atoms. The molecule has 0 spiro atoms. The number of benzene rings is 1. The third-order valence-electron chi connectivity index (χ3n) is 2.53. The van der Waals surface area contributed by atoms with Gasteiger partial charge in [-0.25, -0.2) is 9.78 Å². The Balaban J connectivity index is 2.21. The van der Waals surface area contributed by atoms with Crippen molar-refractivity contribution < 1.29 is 9.53 Å². The first-order valence-electron chi connectivity index (χ1n) is 6.79. The van der Waals surface area contributed by atoms with E-state index in [1.54, 1.807) is 45.2 Å². The van der Waals surface area contributed by atoms with Gasteiger partial charge in [-0.15, -0.1) is 0 Å². The maximum Gasteiger partial charge on any atom is 0.412 e. The van der Waals surface area contributed by atoms with Crippen LogP contribution in [0.1, 0.15) is 20.8 Å². The summed E-state index contributed by atoms with van der Waals surface area (Å²) in [6.45, 7) is 5.41. The van der Waals surface area contributed by atoms with Gasteiger partial charge in [0.25, 0.3) is 0 Å². The van der Waals surface area contributed by atoms with Crippen LogP contribution in [0.25, 0.3) is 0 Å². The van der Waals surface area contributed by atoms with Crippen LogP contribution in [-0.4, -0.2) is 21.7 Å². The molecule has 1 heterocycles. The number of hydrogen-bond acceptors (Lipinski definition) is 5. The molecule has 0 saturated heterocycles. The Kier molecular flexibility index (Phi) is 5.43. The number of amides is 1. The fraction of sp³-hybridized carbons (Fsp3) is 0.267. The number of halogens is 2. The van der Waals surface area contributed by atoms with Crippen LogP contribution in [-0.2, 0) is 4.74 Å². The molecule has 0 aliphatic carbocycles. The second kappa shape index (κ2) is 7.14. The minimum atomic E-state index is -0.574. The molecule has 6 nitrogen and oxygen atoms in total. The topological polar surface area (TPSA) is 76.1 Å². The summed E-state index contributed by atoms with van der Waals surface area (Å²) < 4.78 is 5.90. The molecule has 2 N–H and O–H groups in total. The van der Waals surface area contributed by atoms with E-state index in [1.165, 1.54) is 0 Å². The van der Waals surface area contributed by atoms with Gasteiger partial charge in [0.1, 0.15) is 11.4 Å². The van der Waals surface area contributed by atoms with Gasteiger partial charge in [0.2, 0.25) is 5.28 Å². The Bertz CT molecular complexity index is 719. The first-order chi connectivity index (χ1) is 10.7. The Morgan fingerprint density at radius 1 is 1.26 bits per heavy atom. The number of anilines is 3. The Morgan fingerprint density at radius 3 is 2.57 bits per heavy atom. The summed E-state index contributed by atoms with van der Waals surface area (Å²) in [5.41, 5.74) is 0.632. The molecule has 1 aromatic heterocycles. The van der Waals surface area contributed by atoms with Crippen LogP contribution in [0.3, 0.4) is 0 Å². The summed E-state index contributed by atoms with van der Waals surface area (Å²) in [5, 5.41) is 5.92. The van der Waals surface area contributed by atoms with Crippen LogP contribution in [0, 0.1) is 0 Å². The number of carbonyl (C=O) groups is 1. The number of para-hydroxylation sites is 2. The largest absolute Gasteiger partial charge is 0.444 e. The number of nitrogens with one attached hydrogen (secondary N) is 2. The predicted molar refractivity (Wildman–Crippen MR) is 94.3 cm³/mol. The minimum Gasteiger partial charge on any atom is -0.444 e. The molecule has 2 rings (SSSR count). The van der Waals surface area contributed by atoms with E-state index in [0.29, 0.717) is 21.7 Å². The highest BCUT2D eigenvalue weighted by atomic mass is 79.9. The molecule has 0 fully saturated rings. The van der Waals surface area contributed by atoms with E-state index in [9.17, 15) is 4.79 Å². The molecule has 0 unspecified atom stereocenters. The maximum atomic E-state index is 11.9. The normalized spacial score (nSPS) is 11.0. The average molecular weight is 400 g/mol. The summed E-state index contributed by atoms with van der Waals surface area (Å²) in [6, 6.07) is 7.19. The molecule has 122 valence electrons. The molecule has 2 aromatic rings. The quantitative estimate of drug-likeness (QED) is 0.712. The smallest absolute Gasteiger partial charge is 0.412 e. The lowest BCUT2D eigenvalue weighted by Gasteiger charge is -2.20. The van der Waals surface area contributed by atoms with Gasteiger partial charge in [-0.2, -0.15) is 4.98 Å². The highest BCUT2D eigenvalue weighted by Crippen LogP contribution is 2.29. The van der Waals surface area contributed by atoms with Crippen molar-refractivity contribution in [3.8, 4) is 0 Å². The van der Waals surface area contributed by atoms with E-state index in [1.807, 2.05) is 6.07 Å². The summed E-state index contributed by atoms with van der Waals surface area (Å²) >= 11 is 9.15. The molecule has 0 bridgehead atoms. The molecular formula is C15H16BrClN4O2. The molecular weight excluding hydrogens is 384 g/mol. The molecule has 8 heteroatoms. The molecule has 0 aliphatic heterocycles. The number of aromatic nitrogens is 2. The fourth-order valence-corrected chi connectivity index (χ4v) is 2.10. The van der Waals surface area contributed by atoms with Crippen molar-refractivity contribution in [1.82, 2.24) is 9.97 Å². The monoisotopic (exact) mass is 398 g/mol. The number of hydrogen-bond donors (Lipinski definition) is 2. The number of ether oxygens (including phenoxy) is 1. The van der Waals surface area contributed by atoms with Crippen molar-refractivity contribution in [2.45, 2.75) is 26.4 Å². The van der Waals surface area contributed by atoms with Crippen molar-refractivity contribution >= 4 is 50.8 Å². The molecule has 0 saturated carbocycles. The zero-order valence-electron chi connectivity index (χ0n) is 12.9. The summed E-state index contributed by atoms with van der Waals surface area (Å²) in [6.07, 6.45) is 1.01. The zero-order chi connectivity index (χ0) is 17.0. The van der Waals surface area contributed by atoms with Gasteiger partial charge in [-0.1, -0.05) is 12.1 Å². The number of carbonyl (C=O) groups excluding carboxylic acids is 1. The molecule has 1 aromatic carbocycles. The van der Waals surface area contributed by atoms with Crippen molar-refractivity contribution in [3.05, 3.63) is 40.2 Å². The van der Waals surface area contributed by atoms with E-state index in [4.69, 9.17) is 16.3 Å². The van der Waals surface area contributed by atoms with Crippen LogP contribution in [0.2, 0.25) is 5.28 Å². The highest BCUT2D eigenvalue weighted by molar-refractivity contribution is 9.10. The van der Waals surface area contributed by atoms with Gasteiger partial charge >= 0.3 is 6.09 Å². The second-order valence-electron chi connectivity index (χ2n) is 5.63. The van der Waals surface area contributed by atoms with E-state index in [0.717, 1.165) is 0 Å². The standard InChI is InChI=1S/C15H16BrClN4O2/c1-15(2,3)23-14(22)20-11-7-5-4-6-10(11)19-12-9(16)8-18-13(17)21-12/h4-8H,1-3H3,(H,20,22)(H,18,19,21). The highest BCUT2D eigenvalue weighted by Gasteiger charge is 2.17. The molecule has 0 aliphatic rings. The summed E-state index contributed by atoms with van der Waals surface area (Å²) in [7, 11) is 0. The first-order valence-corrected chi connectivity index (χ1v) is 7.96. The van der Waals surface area contributed by atoms with Crippen LogP contribution >= 0.6 is 27.5 Å². The lowest BCUT2D eigenvalue weighted by Crippen LogP contribution is -2.27. The molecule has 0 radical (unpaired) electrons. The minimum absolute atomic E-state index is 0.119. The summed E-state index contributed by atoms with van der Waals surface area (Å²) in [4.78, 5) is 19.9. The van der Waals surface area contributed by atoms with Crippen LogP contribution in [0.15, 0.2) is 34.9 Å². The zero-order valence-corrected chi connectivity index (χ0v) is 15.2. The van der Waals surface area contributed by atoms with Crippen molar-refractivity contribution in [2.24, 2.45) is 0 Å². The summed E-state index contributed by atoms with van der Waals surface area (Å²) in [5.74, 6) is 0.489. The second-order valence-corrected chi connectivity index (χ2v) is 6.83. The lowest BCUT2D eigenvalue weighted by atomic mass is 10.2. The third-order valence-corrected chi connectivity index (χ3v) is 3.29. The van der Waals surface area contributed by atoms with E-state index >= 15 is 0 Å². The van der Waals surface area contributed by atoms with Gasteiger partial charge in [-0.3, -0.25) is 5.32 Å². The van der Waals surface area contributed by atoms with Crippen LogP contribution in [0.5, 0.6) is 0 Å². The predicted octanol–water partition coefficient (Wildman–Crippen LogP) is 4.98. The van der Waals surface area contributed by atoms with E-state index < -0.39 is 11.7 Å². The Labute approximate surface area is 147 Å². The van der Waals surface area contributed by atoms with Gasteiger partial charge in [-0.05, 0) is 60.4 Å².